The van der Waals surface area contributed by atoms with Gasteiger partial charge in [0, 0.05) is 17.3 Å². The Kier molecular flexibility index (Phi) is 3.59. The molecule has 0 amide bonds. The van der Waals surface area contributed by atoms with Gasteiger partial charge >= 0.3 is 0 Å². The number of methoxy groups -OCH3 is 1. The van der Waals surface area contributed by atoms with Crippen LogP contribution in [0.1, 0.15) is 17.0 Å². The first-order valence-corrected chi connectivity index (χ1v) is 6.97. The van der Waals surface area contributed by atoms with Crippen LogP contribution in [0.4, 0.5) is 0 Å². The fraction of sp³-hybridized carbons (Fsp3) is 0.353. The van der Waals surface area contributed by atoms with E-state index in [1.165, 1.54) is 5.56 Å². The zero-order valence-electron chi connectivity index (χ0n) is 11.9. The fourth-order valence-corrected chi connectivity index (χ4v) is 2.76. The van der Waals surface area contributed by atoms with E-state index in [0.717, 1.165) is 42.3 Å². The number of ether oxygens (including phenoxy) is 2. The Morgan fingerprint density at radius 1 is 1.25 bits per heavy atom. The molecule has 0 aliphatic carbocycles. The van der Waals surface area contributed by atoms with Gasteiger partial charge in [0.05, 0.1) is 13.7 Å². The summed E-state index contributed by atoms with van der Waals surface area (Å²) in [4.78, 5) is 4.58. The fourth-order valence-electron chi connectivity index (χ4n) is 2.76. The molecule has 1 aliphatic heterocycles. The highest BCUT2D eigenvalue weighted by Gasteiger charge is 2.23. The molecule has 2 aromatic rings. The third kappa shape index (κ3) is 2.62. The molecule has 20 heavy (non-hydrogen) atoms. The minimum Gasteiger partial charge on any atom is -0.493 e. The maximum absolute atomic E-state index is 5.91. The van der Waals surface area contributed by atoms with Gasteiger partial charge in [-0.15, -0.1) is 0 Å². The van der Waals surface area contributed by atoms with Crippen LogP contribution in [0.15, 0.2) is 36.4 Å². The van der Waals surface area contributed by atoms with Crippen LogP contribution < -0.4 is 9.47 Å². The van der Waals surface area contributed by atoms with E-state index < -0.39 is 0 Å². The molecule has 2 heterocycles. The number of nitrogens with zero attached hydrogens (tertiary/aromatic N) is 1. The standard InChI is InChI=1S/C17H19NO2/c1-12-5-3-7-15(18-12)10-13-9-14-6-4-8-16(19-2)17(14)20-11-13/h3-8,13H,9-11H2,1-2H3. The summed E-state index contributed by atoms with van der Waals surface area (Å²) in [6, 6.07) is 12.3. The number of hydrogen-bond acceptors (Lipinski definition) is 3. The summed E-state index contributed by atoms with van der Waals surface area (Å²) in [5.74, 6) is 2.21. The van der Waals surface area contributed by atoms with Gasteiger partial charge in [-0.2, -0.15) is 0 Å². The number of pyridine rings is 1. The smallest absolute Gasteiger partial charge is 0.164 e. The molecule has 104 valence electrons. The van der Waals surface area contributed by atoms with Gasteiger partial charge in [0.15, 0.2) is 11.5 Å². The second-order valence-corrected chi connectivity index (χ2v) is 5.30. The lowest BCUT2D eigenvalue weighted by Crippen LogP contribution is -2.23. The molecule has 3 heteroatoms. The Labute approximate surface area is 119 Å². The molecule has 0 bridgehead atoms. The monoisotopic (exact) mass is 269 g/mol. The zero-order chi connectivity index (χ0) is 13.9. The highest BCUT2D eigenvalue weighted by molar-refractivity contribution is 5.47. The first-order chi connectivity index (χ1) is 9.76. The van der Waals surface area contributed by atoms with Gasteiger partial charge in [-0.3, -0.25) is 4.98 Å². The lowest BCUT2D eigenvalue weighted by Gasteiger charge is -2.26. The summed E-state index contributed by atoms with van der Waals surface area (Å²) in [7, 11) is 1.68. The summed E-state index contributed by atoms with van der Waals surface area (Å²) >= 11 is 0. The van der Waals surface area contributed by atoms with Crippen LogP contribution in [-0.4, -0.2) is 18.7 Å². The molecule has 0 fully saturated rings. The molecular weight excluding hydrogens is 250 g/mol. The van der Waals surface area contributed by atoms with Crippen LogP contribution in [0.25, 0.3) is 0 Å². The van der Waals surface area contributed by atoms with Crippen molar-refractivity contribution >= 4 is 0 Å². The van der Waals surface area contributed by atoms with E-state index in [4.69, 9.17) is 9.47 Å². The molecule has 1 unspecified atom stereocenters. The predicted molar refractivity (Wildman–Crippen MR) is 78.4 cm³/mol. The van der Waals surface area contributed by atoms with E-state index in [-0.39, 0.29) is 0 Å². The van der Waals surface area contributed by atoms with Crippen LogP contribution in [0.3, 0.4) is 0 Å². The van der Waals surface area contributed by atoms with Crippen molar-refractivity contribution in [2.75, 3.05) is 13.7 Å². The van der Waals surface area contributed by atoms with Crippen molar-refractivity contribution in [3.05, 3.63) is 53.3 Å². The molecule has 0 radical (unpaired) electrons. The van der Waals surface area contributed by atoms with Crippen molar-refractivity contribution in [1.29, 1.82) is 0 Å². The Hall–Kier alpha value is -2.03. The number of benzene rings is 1. The van der Waals surface area contributed by atoms with Gasteiger partial charge in [0.2, 0.25) is 0 Å². The van der Waals surface area contributed by atoms with E-state index in [9.17, 15) is 0 Å². The topological polar surface area (TPSA) is 31.4 Å². The SMILES string of the molecule is COc1cccc2c1OCC(Cc1cccc(C)n1)C2. The molecule has 3 rings (SSSR count). The van der Waals surface area contributed by atoms with Gasteiger partial charge in [0.1, 0.15) is 0 Å². The van der Waals surface area contributed by atoms with Crippen LogP contribution in [0.5, 0.6) is 11.5 Å². The summed E-state index contributed by atoms with van der Waals surface area (Å²) < 4.78 is 11.3. The van der Waals surface area contributed by atoms with Crippen LogP contribution in [0, 0.1) is 12.8 Å². The van der Waals surface area contributed by atoms with Gasteiger partial charge in [-0.25, -0.2) is 0 Å². The average Bonchev–Trinajstić information content (AvgIpc) is 2.46. The van der Waals surface area contributed by atoms with Crippen LogP contribution in [0.2, 0.25) is 0 Å². The quantitative estimate of drug-likeness (QED) is 0.857. The van der Waals surface area contributed by atoms with Crippen molar-refractivity contribution in [2.24, 2.45) is 5.92 Å². The average molecular weight is 269 g/mol. The molecule has 0 saturated heterocycles. The zero-order valence-corrected chi connectivity index (χ0v) is 11.9. The number of para-hydroxylation sites is 1. The molecule has 1 aliphatic rings. The Morgan fingerprint density at radius 3 is 2.90 bits per heavy atom. The largest absolute Gasteiger partial charge is 0.493 e. The Bertz CT molecular complexity index is 610. The summed E-state index contributed by atoms with van der Waals surface area (Å²) in [6.07, 6.45) is 1.97. The molecule has 0 N–H and O–H groups in total. The van der Waals surface area contributed by atoms with Crippen LogP contribution >= 0.6 is 0 Å². The first-order valence-electron chi connectivity index (χ1n) is 6.97. The number of fused-ring (bicyclic) bond motifs is 1. The van der Waals surface area contributed by atoms with E-state index in [2.05, 4.69) is 23.2 Å². The number of aromatic nitrogens is 1. The van der Waals surface area contributed by atoms with Crippen molar-refractivity contribution in [2.45, 2.75) is 19.8 Å². The first kappa shape index (κ1) is 13.0. The van der Waals surface area contributed by atoms with Crippen molar-refractivity contribution in [3.8, 4) is 11.5 Å². The van der Waals surface area contributed by atoms with E-state index in [1.54, 1.807) is 7.11 Å². The predicted octanol–water partition coefficient (Wildman–Crippen LogP) is 3.19. The number of hydrogen-bond donors (Lipinski definition) is 0. The molecule has 3 nitrogen and oxygen atoms in total. The van der Waals surface area contributed by atoms with Gasteiger partial charge in [-0.1, -0.05) is 18.2 Å². The second kappa shape index (κ2) is 5.53. The molecule has 1 aromatic heterocycles. The normalized spacial score (nSPS) is 17.2. The van der Waals surface area contributed by atoms with Crippen molar-refractivity contribution < 1.29 is 9.47 Å². The van der Waals surface area contributed by atoms with Gasteiger partial charge in [-0.05, 0) is 43.5 Å². The highest BCUT2D eigenvalue weighted by Crippen LogP contribution is 2.36. The molecular formula is C17H19NO2. The molecule has 0 spiro atoms. The third-order valence-electron chi connectivity index (χ3n) is 3.70. The van der Waals surface area contributed by atoms with Crippen molar-refractivity contribution in [1.82, 2.24) is 4.98 Å². The second-order valence-electron chi connectivity index (χ2n) is 5.30. The summed E-state index contributed by atoms with van der Waals surface area (Å²) in [5, 5.41) is 0. The molecule has 1 atom stereocenters. The van der Waals surface area contributed by atoms with Crippen molar-refractivity contribution in [3.63, 3.8) is 0 Å². The summed E-state index contributed by atoms with van der Waals surface area (Å²) in [6.45, 7) is 2.75. The lowest BCUT2D eigenvalue weighted by atomic mass is 9.92. The Balaban J connectivity index is 1.76. The lowest BCUT2D eigenvalue weighted by molar-refractivity contribution is 0.210. The highest BCUT2D eigenvalue weighted by atomic mass is 16.5. The third-order valence-corrected chi connectivity index (χ3v) is 3.70. The van der Waals surface area contributed by atoms with E-state index in [1.807, 2.05) is 25.1 Å². The van der Waals surface area contributed by atoms with Crippen LogP contribution in [-0.2, 0) is 12.8 Å². The Morgan fingerprint density at radius 2 is 2.10 bits per heavy atom. The number of aryl methyl sites for hydroxylation is 1. The van der Waals surface area contributed by atoms with Gasteiger partial charge < -0.3 is 9.47 Å². The minimum absolute atomic E-state index is 0.476. The maximum atomic E-state index is 5.91. The number of rotatable bonds is 3. The molecule has 0 saturated carbocycles. The van der Waals surface area contributed by atoms with E-state index in [0.29, 0.717) is 5.92 Å². The van der Waals surface area contributed by atoms with E-state index >= 15 is 0 Å². The maximum Gasteiger partial charge on any atom is 0.164 e. The molecule has 1 aromatic carbocycles. The summed E-state index contributed by atoms with van der Waals surface area (Å²) in [5.41, 5.74) is 3.44. The van der Waals surface area contributed by atoms with Gasteiger partial charge in [0.25, 0.3) is 0 Å². The minimum atomic E-state index is 0.476.